The number of hydrogen-bond donors (Lipinski definition) is 1. The topological polar surface area (TPSA) is 42.3 Å². The van der Waals surface area contributed by atoms with E-state index in [1.165, 1.54) is 5.69 Å². The average Bonchev–Trinajstić information content (AvgIpc) is 2.69. The summed E-state index contributed by atoms with van der Waals surface area (Å²) < 4.78 is 8.81. The van der Waals surface area contributed by atoms with Gasteiger partial charge in [-0.15, -0.1) is 0 Å². The van der Waals surface area contributed by atoms with Gasteiger partial charge in [-0.05, 0) is 36.8 Å². The molecule has 0 radical (unpaired) electrons. The molecule has 1 fully saturated rings. The fourth-order valence-corrected chi connectivity index (χ4v) is 2.94. The average molecular weight is 331 g/mol. The molecule has 1 aromatic rings. The Morgan fingerprint density at radius 3 is 3.00 bits per heavy atom. The summed E-state index contributed by atoms with van der Waals surface area (Å²) >= 11 is 3.67. The molecule has 0 saturated carbocycles. The van der Waals surface area contributed by atoms with Crippen LogP contribution < -0.4 is 5.32 Å². The Labute approximate surface area is 123 Å². The Hall–Kier alpha value is -0.430. The van der Waals surface area contributed by atoms with Crippen molar-refractivity contribution in [2.45, 2.75) is 33.0 Å². The second kappa shape index (κ2) is 6.83. The second-order valence-electron chi connectivity index (χ2n) is 4.92. The smallest absolute Gasteiger partial charge is 0.0739 e. The minimum Gasteiger partial charge on any atom is -0.378 e. The minimum atomic E-state index is 0.436. The van der Waals surface area contributed by atoms with Crippen LogP contribution in [0.15, 0.2) is 4.47 Å². The van der Waals surface area contributed by atoms with Crippen LogP contribution in [0, 0.1) is 6.92 Å². The number of aromatic nitrogens is 2. The van der Waals surface area contributed by atoms with Crippen LogP contribution in [-0.4, -0.2) is 54.1 Å². The van der Waals surface area contributed by atoms with Gasteiger partial charge < -0.3 is 10.1 Å². The van der Waals surface area contributed by atoms with Crippen LogP contribution in [0.5, 0.6) is 0 Å². The summed E-state index contributed by atoms with van der Waals surface area (Å²) in [6.45, 7) is 9.56. The minimum absolute atomic E-state index is 0.436. The highest BCUT2D eigenvalue weighted by atomic mass is 79.9. The van der Waals surface area contributed by atoms with E-state index < -0.39 is 0 Å². The van der Waals surface area contributed by atoms with Crippen molar-refractivity contribution in [3.8, 4) is 0 Å². The Morgan fingerprint density at radius 2 is 2.32 bits per heavy atom. The number of halogens is 1. The van der Waals surface area contributed by atoms with Gasteiger partial charge in [0.1, 0.15) is 0 Å². The zero-order valence-corrected chi connectivity index (χ0v) is 13.5. The Morgan fingerprint density at radius 1 is 1.53 bits per heavy atom. The first-order valence-electron chi connectivity index (χ1n) is 6.85. The summed E-state index contributed by atoms with van der Waals surface area (Å²) in [5.41, 5.74) is 2.33. The number of nitrogens with one attached hydrogen (secondary N) is 1. The number of nitrogens with zero attached hydrogens (tertiary/aromatic N) is 3. The van der Waals surface area contributed by atoms with Crippen molar-refractivity contribution in [3.63, 3.8) is 0 Å². The molecule has 1 saturated heterocycles. The van der Waals surface area contributed by atoms with Crippen molar-refractivity contribution in [3.05, 3.63) is 15.9 Å². The van der Waals surface area contributed by atoms with Gasteiger partial charge in [0.25, 0.3) is 0 Å². The molecule has 1 aliphatic rings. The molecule has 0 bridgehead atoms. The van der Waals surface area contributed by atoms with E-state index in [0.717, 1.165) is 49.6 Å². The van der Waals surface area contributed by atoms with Crippen molar-refractivity contribution < 1.29 is 4.74 Å². The van der Waals surface area contributed by atoms with Crippen LogP contribution >= 0.6 is 15.9 Å². The van der Waals surface area contributed by atoms with Gasteiger partial charge >= 0.3 is 0 Å². The quantitative estimate of drug-likeness (QED) is 0.886. The van der Waals surface area contributed by atoms with Crippen molar-refractivity contribution in [2.75, 3.05) is 33.4 Å². The molecule has 2 heterocycles. The molecule has 19 heavy (non-hydrogen) atoms. The lowest BCUT2D eigenvalue weighted by molar-refractivity contribution is -0.0115. The molecule has 0 amide bonds. The van der Waals surface area contributed by atoms with Gasteiger partial charge in [0.2, 0.25) is 0 Å². The number of morpholine rings is 1. The van der Waals surface area contributed by atoms with Gasteiger partial charge in [0.05, 0.1) is 29.1 Å². The Kier molecular flexibility index (Phi) is 5.38. The molecule has 1 unspecified atom stereocenters. The highest BCUT2D eigenvalue weighted by Gasteiger charge is 2.25. The molecule has 0 aromatic carbocycles. The SMILES string of the molecule is CCn1nc(C)c(Br)c1CN1CCOCC1CNC. The van der Waals surface area contributed by atoms with E-state index >= 15 is 0 Å². The molecule has 1 N–H and O–H groups in total. The number of ether oxygens (including phenoxy) is 1. The summed E-state index contributed by atoms with van der Waals surface area (Å²) in [6, 6.07) is 0.436. The Balaban J connectivity index is 2.14. The molecule has 5 nitrogen and oxygen atoms in total. The third-order valence-electron chi connectivity index (χ3n) is 3.59. The third kappa shape index (κ3) is 3.37. The molecule has 0 aliphatic carbocycles. The number of hydrogen-bond acceptors (Lipinski definition) is 4. The molecule has 1 aliphatic heterocycles. The summed E-state index contributed by atoms with van der Waals surface area (Å²) in [7, 11) is 1.99. The second-order valence-corrected chi connectivity index (χ2v) is 5.71. The lowest BCUT2D eigenvalue weighted by atomic mass is 10.2. The van der Waals surface area contributed by atoms with Gasteiger partial charge in [-0.2, -0.15) is 5.10 Å². The van der Waals surface area contributed by atoms with Crippen LogP contribution in [0.1, 0.15) is 18.3 Å². The number of aryl methyl sites for hydroxylation is 2. The standard InChI is InChI=1S/C13H23BrN4O/c1-4-18-12(13(14)10(2)16-18)8-17-5-6-19-9-11(17)7-15-3/h11,15H,4-9H2,1-3H3. The van der Waals surface area contributed by atoms with Crippen molar-refractivity contribution in [1.82, 2.24) is 20.0 Å². The zero-order chi connectivity index (χ0) is 13.8. The van der Waals surface area contributed by atoms with Crippen molar-refractivity contribution in [1.29, 1.82) is 0 Å². The molecule has 108 valence electrons. The lowest BCUT2D eigenvalue weighted by Gasteiger charge is -2.35. The van der Waals surface area contributed by atoms with E-state index in [-0.39, 0.29) is 0 Å². The fraction of sp³-hybridized carbons (Fsp3) is 0.769. The first-order chi connectivity index (χ1) is 9.17. The molecule has 1 aromatic heterocycles. The number of rotatable bonds is 5. The van der Waals surface area contributed by atoms with E-state index in [0.29, 0.717) is 6.04 Å². The first kappa shape index (κ1) is 15.0. The lowest BCUT2D eigenvalue weighted by Crippen LogP contribution is -2.49. The predicted octanol–water partition coefficient (Wildman–Crippen LogP) is 1.39. The zero-order valence-electron chi connectivity index (χ0n) is 11.9. The largest absolute Gasteiger partial charge is 0.378 e. The van der Waals surface area contributed by atoms with Gasteiger partial charge in [-0.3, -0.25) is 9.58 Å². The van der Waals surface area contributed by atoms with E-state index in [4.69, 9.17) is 4.74 Å². The summed E-state index contributed by atoms with van der Waals surface area (Å²) in [4.78, 5) is 2.48. The van der Waals surface area contributed by atoms with Crippen LogP contribution in [0.25, 0.3) is 0 Å². The number of likely N-dealkylation sites (N-methyl/N-ethyl adjacent to an activating group) is 1. The predicted molar refractivity (Wildman–Crippen MR) is 79.3 cm³/mol. The fourth-order valence-electron chi connectivity index (χ4n) is 2.53. The molecular weight excluding hydrogens is 308 g/mol. The van der Waals surface area contributed by atoms with Crippen molar-refractivity contribution in [2.24, 2.45) is 0 Å². The van der Waals surface area contributed by atoms with E-state index in [2.05, 4.69) is 42.9 Å². The molecule has 1 atom stereocenters. The molecule has 2 rings (SSSR count). The van der Waals surface area contributed by atoms with E-state index in [9.17, 15) is 0 Å². The third-order valence-corrected chi connectivity index (χ3v) is 4.63. The highest BCUT2D eigenvalue weighted by Crippen LogP contribution is 2.23. The van der Waals surface area contributed by atoms with Crippen LogP contribution in [0.3, 0.4) is 0 Å². The maximum absolute atomic E-state index is 5.58. The molecule has 0 spiro atoms. The van der Waals surface area contributed by atoms with Gasteiger partial charge in [-0.25, -0.2) is 0 Å². The van der Waals surface area contributed by atoms with E-state index in [1.54, 1.807) is 0 Å². The van der Waals surface area contributed by atoms with Gasteiger partial charge in [0, 0.05) is 32.2 Å². The maximum Gasteiger partial charge on any atom is 0.0739 e. The van der Waals surface area contributed by atoms with Crippen LogP contribution in [0.2, 0.25) is 0 Å². The Bertz CT molecular complexity index is 419. The van der Waals surface area contributed by atoms with E-state index in [1.807, 2.05) is 14.0 Å². The van der Waals surface area contributed by atoms with Gasteiger partial charge in [0.15, 0.2) is 0 Å². The highest BCUT2D eigenvalue weighted by molar-refractivity contribution is 9.10. The molecular formula is C13H23BrN4O. The summed E-state index contributed by atoms with van der Waals surface area (Å²) in [6.07, 6.45) is 0. The summed E-state index contributed by atoms with van der Waals surface area (Å²) in [5.74, 6) is 0. The van der Waals surface area contributed by atoms with Crippen molar-refractivity contribution >= 4 is 15.9 Å². The molecule has 6 heteroatoms. The monoisotopic (exact) mass is 330 g/mol. The van der Waals surface area contributed by atoms with Crippen LogP contribution in [0.4, 0.5) is 0 Å². The summed E-state index contributed by atoms with van der Waals surface area (Å²) in [5, 5.41) is 7.81. The van der Waals surface area contributed by atoms with Gasteiger partial charge in [-0.1, -0.05) is 0 Å². The van der Waals surface area contributed by atoms with Crippen LogP contribution in [-0.2, 0) is 17.8 Å². The first-order valence-corrected chi connectivity index (χ1v) is 7.64. The maximum atomic E-state index is 5.58. The normalized spacial score (nSPS) is 20.9.